The molecule has 0 radical (unpaired) electrons. The van der Waals surface area contributed by atoms with Gasteiger partial charge in [0, 0.05) is 31.2 Å². The van der Waals surface area contributed by atoms with E-state index in [1.165, 1.54) is 0 Å². The minimum Gasteiger partial charge on any atom is -0.759 e. The first kappa shape index (κ1) is 39.5. The smallest absolute Gasteiger partial charge is 0.759 e. The quantitative estimate of drug-likeness (QED) is 0.108. The SMILES string of the molecule is O=S(=O)([O-])[O-].O=S(=O)([O-])[O-].O=S(=O)([O-])[O-].[Al+3].[Al+3].[I][Al]([I])[I]. The summed E-state index contributed by atoms with van der Waals surface area (Å²) < 4.78 is 102. The molecular formula is Al3I3O12S3. The summed E-state index contributed by atoms with van der Waals surface area (Å²) >= 11 is 7.37. The van der Waals surface area contributed by atoms with Crippen LogP contribution in [-0.2, 0) is 31.2 Å². The molecule has 0 rings (SSSR count). The summed E-state index contributed by atoms with van der Waals surface area (Å²) in [6.45, 7) is 0. The van der Waals surface area contributed by atoms with Gasteiger partial charge in [0.25, 0.3) is 0 Å². The maximum Gasteiger partial charge on any atom is 3.00 e. The van der Waals surface area contributed by atoms with E-state index in [-0.39, 0.29) is 39.0 Å². The minimum atomic E-state index is -5.17. The van der Waals surface area contributed by atoms with Gasteiger partial charge in [0.05, 0.1) is 0 Å². The van der Waals surface area contributed by atoms with Crippen LogP contribution in [0.4, 0.5) is 0 Å². The predicted octanol–water partition coefficient (Wildman–Crippen LogP) is -2.50. The average molecular weight is 750 g/mol. The summed E-state index contributed by atoms with van der Waals surface area (Å²) in [5.41, 5.74) is 0. The Balaban J connectivity index is -0.0000000347. The molecule has 0 spiro atoms. The zero-order chi connectivity index (χ0) is 17.1. The monoisotopic (exact) mass is 750 g/mol. The van der Waals surface area contributed by atoms with Gasteiger partial charge in [0.2, 0.25) is 0 Å². The summed E-state index contributed by atoms with van der Waals surface area (Å²) in [7, 11) is -15.5. The number of hydrogen-bond donors (Lipinski definition) is 0. The van der Waals surface area contributed by atoms with E-state index in [0.29, 0.717) is 0 Å². The topological polar surface area (TPSA) is 241 Å². The molecule has 0 amide bonds. The second kappa shape index (κ2) is 19.7. The van der Waals surface area contributed by atoms with Crippen LogP contribution in [0.3, 0.4) is 0 Å². The van der Waals surface area contributed by atoms with E-state index < -0.39 is 31.2 Å². The van der Waals surface area contributed by atoms with Crippen molar-refractivity contribution in [3.63, 3.8) is 0 Å². The van der Waals surface area contributed by atoms with Crippen LogP contribution in [0, 0.1) is 0 Å². The normalized spacial score (nSPS) is 9.57. The third-order valence-corrected chi connectivity index (χ3v) is 0. The Morgan fingerprint density at radius 3 is 0.524 bits per heavy atom. The van der Waals surface area contributed by atoms with Crippen molar-refractivity contribution < 1.29 is 52.6 Å². The van der Waals surface area contributed by atoms with E-state index >= 15 is 0 Å². The van der Waals surface area contributed by atoms with Gasteiger partial charge in [-0.2, -0.15) is 60.8 Å². The van der Waals surface area contributed by atoms with Crippen LogP contribution in [0.2, 0.25) is 0 Å². The van der Waals surface area contributed by atoms with Gasteiger partial charge in [-0.3, -0.25) is 25.3 Å². The van der Waals surface area contributed by atoms with Gasteiger partial charge in [-0.15, -0.1) is 0 Å². The molecule has 21 heavy (non-hydrogen) atoms. The zero-order valence-electron chi connectivity index (χ0n) is 8.99. The molecule has 0 heterocycles. The van der Waals surface area contributed by atoms with Crippen LogP contribution >= 0.6 is 60.8 Å². The van der Waals surface area contributed by atoms with Gasteiger partial charge < -0.3 is 27.3 Å². The second-order valence-corrected chi connectivity index (χ2v) is 37.1. The maximum atomic E-state index is 8.52. The van der Waals surface area contributed by atoms with Crippen LogP contribution in [0.15, 0.2) is 0 Å². The Morgan fingerprint density at radius 1 is 0.524 bits per heavy atom. The molecule has 0 aliphatic rings. The van der Waals surface area contributed by atoms with E-state index in [1.807, 2.05) is 0 Å². The fourth-order valence-corrected chi connectivity index (χ4v) is 0. The molecule has 0 bridgehead atoms. The number of rotatable bonds is 0. The molecule has 0 atom stereocenters. The first-order chi connectivity index (χ1) is 7.73. The molecule has 120 valence electrons. The van der Waals surface area contributed by atoms with Crippen molar-refractivity contribution in [2.75, 3.05) is 0 Å². The number of halogens is 3. The van der Waals surface area contributed by atoms with Gasteiger partial charge in [0.1, 0.15) is 0 Å². The summed E-state index contributed by atoms with van der Waals surface area (Å²) in [6.07, 6.45) is 0. The van der Waals surface area contributed by atoms with Crippen molar-refractivity contribution in [1.29, 1.82) is 0 Å². The molecule has 12 nitrogen and oxygen atoms in total. The van der Waals surface area contributed by atoms with E-state index in [2.05, 4.69) is 60.8 Å². The summed E-state index contributed by atoms with van der Waals surface area (Å²) in [5.74, 6) is 0. The van der Waals surface area contributed by atoms with Crippen LogP contribution in [-0.4, -0.2) is 91.6 Å². The van der Waals surface area contributed by atoms with Crippen molar-refractivity contribution in [1.82, 2.24) is 0 Å². The molecule has 0 aromatic rings. The molecule has 0 saturated heterocycles. The molecule has 21 heteroatoms. The van der Waals surface area contributed by atoms with Crippen molar-refractivity contribution in [2.45, 2.75) is 0 Å². The molecule has 0 aromatic heterocycles. The minimum absolute atomic E-state index is 0. The first-order valence-corrected chi connectivity index (χ1v) is 19.2. The van der Waals surface area contributed by atoms with E-state index in [9.17, 15) is 0 Å². The second-order valence-electron chi connectivity index (χ2n) is 1.47. The van der Waals surface area contributed by atoms with Crippen LogP contribution < -0.4 is 0 Å². The molecule has 0 unspecified atom stereocenters. The van der Waals surface area contributed by atoms with Gasteiger partial charge in [-0.05, 0) is 0 Å². The Labute approximate surface area is 180 Å². The Bertz CT molecular complexity index is 393. The average Bonchev–Trinajstić information content (AvgIpc) is 1.66. The van der Waals surface area contributed by atoms with E-state index in [0.717, 1.165) is 0 Å². The van der Waals surface area contributed by atoms with Crippen LogP contribution in [0.5, 0.6) is 0 Å². The van der Waals surface area contributed by atoms with Gasteiger partial charge >= 0.3 is 39.0 Å². The van der Waals surface area contributed by atoms with Crippen molar-refractivity contribution in [3.8, 4) is 0 Å². The van der Waals surface area contributed by atoms with Gasteiger partial charge in [0.15, 0.2) is 0 Å². The standard InChI is InChI=1S/3Al.3HI.3H2O4S/c;;;;;;3*1-5(2,3)4/h;;;3*1H;3*(H2,1,2,3,4)/q3*+3;;;;;;/p-9. The largest absolute Gasteiger partial charge is 3.00 e. The van der Waals surface area contributed by atoms with Crippen LogP contribution in [0.1, 0.15) is 0 Å². The molecule has 0 fully saturated rings. The van der Waals surface area contributed by atoms with Gasteiger partial charge in [-0.1, -0.05) is 0 Å². The van der Waals surface area contributed by atoms with Crippen molar-refractivity contribution >= 4 is 131 Å². The fraction of sp³-hybridized carbons (Fsp3) is 0. The summed E-state index contributed by atoms with van der Waals surface area (Å²) in [5, 5.41) is 0. The number of hydrogen-bond acceptors (Lipinski definition) is 12. The zero-order valence-corrected chi connectivity index (χ0v) is 21.4. The molecule has 0 aromatic carbocycles. The fourth-order valence-electron chi connectivity index (χ4n) is 0. The predicted molar refractivity (Wildman–Crippen MR) is 90.7 cm³/mol. The van der Waals surface area contributed by atoms with E-state index in [4.69, 9.17) is 52.6 Å². The first-order valence-electron chi connectivity index (χ1n) is 2.65. The Morgan fingerprint density at radius 2 is 0.524 bits per heavy atom. The molecule has 0 saturated carbocycles. The van der Waals surface area contributed by atoms with Crippen LogP contribution in [0.25, 0.3) is 0 Å². The summed E-state index contributed by atoms with van der Waals surface area (Å²) in [6, 6.07) is 0. The molecule has 0 aliphatic heterocycles. The maximum absolute atomic E-state index is 8.52. The molecular weight excluding hydrogens is 750 g/mol. The van der Waals surface area contributed by atoms with E-state index in [1.54, 1.807) is 0 Å². The third-order valence-electron chi connectivity index (χ3n) is 0. The van der Waals surface area contributed by atoms with Gasteiger partial charge in [-0.25, -0.2) is 0 Å². The molecule has 0 N–H and O–H groups in total. The van der Waals surface area contributed by atoms with Crippen molar-refractivity contribution in [2.24, 2.45) is 0 Å². The third kappa shape index (κ3) is 928. The molecule has 0 aliphatic carbocycles. The Hall–Kier alpha value is 3.40. The summed E-state index contributed by atoms with van der Waals surface area (Å²) in [4.78, 5) is 0. The Kier molecular flexibility index (Phi) is 37.1. The van der Waals surface area contributed by atoms with Crippen molar-refractivity contribution in [3.05, 3.63) is 0 Å².